The first-order valence-corrected chi connectivity index (χ1v) is 7.78. The van der Waals surface area contributed by atoms with Crippen LogP contribution in [0.15, 0.2) is 34.8 Å². The predicted molar refractivity (Wildman–Crippen MR) is 85.1 cm³/mol. The lowest BCUT2D eigenvalue weighted by Crippen LogP contribution is -2.28. The number of thiophene rings is 1. The van der Waals surface area contributed by atoms with Crippen LogP contribution in [0.1, 0.15) is 21.4 Å². The van der Waals surface area contributed by atoms with Crippen LogP contribution in [-0.4, -0.2) is 0 Å². The molecule has 1 unspecified atom stereocenters. The first kappa shape index (κ1) is 13.5. The number of benzene rings is 1. The van der Waals surface area contributed by atoms with Gasteiger partial charge in [0.15, 0.2) is 0 Å². The molecule has 1 aromatic heterocycles. The molecule has 0 fully saturated rings. The van der Waals surface area contributed by atoms with E-state index in [2.05, 4.69) is 81.2 Å². The zero-order valence-electron chi connectivity index (χ0n) is 9.21. The van der Waals surface area contributed by atoms with E-state index in [9.17, 15) is 0 Å². The minimum atomic E-state index is 0.0396. The van der Waals surface area contributed by atoms with Gasteiger partial charge in [-0.25, -0.2) is 5.43 Å². The maximum Gasteiger partial charge on any atom is 0.0813 e. The summed E-state index contributed by atoms with van der Waals surface area (Å²) in [4.78, 5) is 2.52. The fraction of sp³-hybridized carbons (Fsp3) is 0.167. The average Bonchev–Trinajstić information content (AvgIpc) is 2.71. The number of hydrazine groups is 1. The van der Waals surface area contributed by atoms with Crippen LogP contribution in [0.2, 0.25) is 0 Å². The lowest BCUT2D eigenvalue weighted by Gasteiger charge is -2.16. The minimum absolute atomic E-state index is 0.0396. The number of halogens is 2. The molecular weight excluding hydrogens is 411 g/mol. The summed E-state index contributed by atoms with van der Waals surface area (Å²) in [7, 11) is 0. The second-order valence-electron chi connectivity index (χ2n) is 3.71. The van der Waals surface area contributed by atoms with E-state index in [1.54, 1.807) is 11.3 Å². The van der Waals surface area contributed by atoms with Crippen LogP contribution < -0.4 is 11.3 Å². The highest BCUT2D eigenvalue weighted by Gasteiger charge is 2.17. The minimum Gasteiger partial charge on any atom is -0.271 e. The van der Waals surface area contributed by atoms with Crippen LogP contribution in [0.3, 0.4) is 0 Å². The molecule has 3 N–H and O–H groups in total. The van der Waals surface area contributed by atoms with Crippen LogP contribution in [0.4, 0.5) is 0 Å². The van der Waals surface area contributed by atoms with Gasteiger partial charge in [0.05, 0.1) is 6.04 Å². The quantitative estimate of drug-likeness (QED) is 0.446. The standard InChI is InChI=1S/C12H12BrIN2S/c1-7-2-5-11(17-7)12(16-15)9-6-8(14)3-4-10(9)13/h2-6,12,16H,15H2,1H3. The summed E-state index contributed by atoms with van der Waals surface area (Å²) in [5.41, 5.74) is 4.06. The number of hydrogen-bond acceptors (Lipinski definition) is 3. The maximum atomic E-state index is 5.70. The van der Waals surface area contributed by atoms with Gasteiger partial charge in [0, 0.05) is 17.8 Å². The normalized spacial score (nSPS) is 12.7. The zero-order chi connectivity index (χ0) is 12.4. The highest BCUT2D eigenvalue weighted by molar-refractivity contribution is 14.1. The summed E-state index contributed by atoms with van der Waals surface area (Å²) < 4.78 is 2.28. The summed E-state index contributed by atoms with van der Waals surface area (Å²) in [6.45, 7) is 2.10. The Balaban J connectivity index is 2.45. The van der Waals surface area contributed by atoms with E-state index in [0.29, 0.717) is 0 Å². The van der Waals surface area contributed by atoms with Crippen molar-refractivity contribution in [2.75, 3.05) is 0 Å². The van der Waals surface area contributed by atoms with Crippen LogP contribution in [-0.2, 0) is 0 Å². The molecule has 0 saturated heterocycles. The highest BCUT2D eigenvalue weighted by Crippen LogP contribution is 2.32. The molecule has 0 amide bonds. The van der Waals surface area contributed by atoms with Crippen molar-refractivity contribution >= 4 is 49.9 Å². The van der Waals surface area contributed by atoms with Crippen molar-refractivity contribution in [3.8, 4) is 0 Å². The molecule has 0 aliphatic rings. The molecule has 2 rings (SSSR count). The highest BCUT2D eigenvalue weighted by atomic mass is 127. The van der Waals surface area contributed by atoms with E-state index < -0.39 is 0 Å². The summed E-state index contributed by atoms with van der Waals surface area (Å²) in [5.74, 6) is 5.70. The molecule has 1 heterocycles. The SMILES string of the molecule is Cc1ccc(C(NN)c2cc(I)ccc2Br)s1. The van der Waals surface area contributed by atoms with Gasteiger partial charge in [-0.2, -0.15) is 0 Å². The lowest BCUT2D eigenvalue weighted by molar-refractivity contribution is 0.644. The van der Waals surface area contributed by atoms with Gasteiger partial charge in [-0.1, -0.05) is 15.9 Å². The molecule has 0 spiro atoms. The van der Waals surface area contributed by atoms with E-state index in [4.69, 9.17) is 5.84 Å². The molecule has 0 bridgehead atoms. The number of nitrogens with one attached hydrogen (secondary N) is 1. The van der Waals surface area contributed by atoms with Crippen LogP contribution in [0.5, 0.6) is 0 Å². The number of rotatable bonds is 3. The van der Waals surface area contributed by atoms with Gasteiger partial charge in [-0.05, 0) is 65.4 Å². The first-order chi connectivity index (χ1) is 8.11. The molecule has 2 aromatic rings. The van der Waals surface area contributed by atoms with Gasteiger partial charge in [0.25, 0.3) is 0 Å². The summed E-state index contributed by atoms with van der Waals surface area (Å²) in [5, 5.41) is 0. The molecule has 1 atom stereocenters. The third-order valence-electron chi connectivity index (χ3n) is 2.48. The number of nitrogens with two attached hydrogens (primary N) is 1. The van der Waals surface area contributed by atoms with E-state index >= 15 is 0 Å². The van der Waals surface area contributed by atoms with Gasteiger partial charge < -0.3 is 0 Å². The summed E-state index contributed by atoms with van der Waals surface area (Å²) >= 11 is 7.66. The van der Waals surface area contributed by atoms with Gasteiger partial charge in [-0.15, -0.1) is 11.3 Å². The second-order valence-corrected chi connectivity index (χ2v) is 7.13. The van der Waals surface area contributed by atoms with Crippen LogP contribution >= 0.6 is 49.9 Å². The smallest absolute Gasteiger partial charge is 0.0813 e. The zero-order valence-corrected chi connectivity index (χ0v) is 13.8. The Morgan fingerprint density at radius 1 is 1.35 bits per heavy atom. The Bertz CT molecular complexity index is 527. The van der Waals surface area contributed by atoms with Crippen molar-refractivity contribution in [1.82, 2.24) is 5.43 Å². The molecule has 90 valence electrons. The van der Waals surface area contributed by atoms with Crippen LogP contribution in [0.25, 0.3) is 0 Å². The van der Waals surface area contributed by atoms with E-state index in [0.717, 1.165) is 4.47 Å². The van der Waals surface area contributed by atoms with Gasteiger partial charge in [-0.3, -0.25) is 5.84 Å². The van der Waals surface area contributed by atoms with Crippen LogP contribution in [0, 0.1) is 10.5 Å². The fourth-order valence-electron chi connectivity index (χ4n) is 1.67. The second kappa shape index (κ2) is 5.79. The predicted octanol–water partition coefficient (Wildman–Crippen LogP) is 3.98. The van der Waals surface area contributed by atoms with E-state index in [1.807, 2.05) is 0 Å². The van der Waals surface area contributed by atoms with Gasteiger partial charge in [0.1, 0.15) is 0 Å². The first-order valence-electron chi connectivity index (χ1n) is 5.09. The molecular formula is C12H12BrIN2S. The molecule has 0 radical (unpaired) electrons. The van der Waals surface area contributed by atoms with Crippen molar-refractivity contribution in [1.29, 1.82) is 0 Å². The fourth-order valence-corrected chi connectivity index (χ4v) is 3.62. The summed E-state index contributed by atoms with van der Waals surface area (Å²) in [6.07, 6.45) is 0. The van der Waals surface area contributed by atoms with Crippen molar-refractivity contribution in [3.05, 3.63) is 53.7 Å². The summed E-state index contributed by atoms with van der Waals surface area (Å²) in [6, 6.07) is 10.6. The molecule has 0 aliphatic heterocycles. The molecule has 0 aliphatic carbocycles. The molecule has 0 saturated carbocycles. The third kappa shape index (κ3) is 3.08. The number of aryl methyl sites for hydroxylation is 1. The Kier molecular flexibility index (Phi) is 4.59. The average molecular weight is 423 g/mol. The lowest BCUT2D eigenvalue weighted by atomic mass is 10.1. The number of hydrogen-bond donors (Lipinski definition) is 2. The van der Waals surface area contributed by atoms with Crippen molar-refractivity contribution in [2.24, 2.45) is 5.84 Å². The van der Waals surface area contributed by atoms with E-state index in [-0.39, 0.29) is 6.04 Å². The Morgan fingerprint density at radius 3 is 2.71 bits per heavy atom. The molecule has 2 nitrogen and oxygen atoms in total. The third-order valence-corrected chi connectivity index (χ3v) is 4.94. The molecule has 5 heteroatoms. The monoisotopic (exact) mass is 422 g/mol. The Labute approximate surface area is 127 Å². The maximum absolute atomic E-state index is 5.70. The largest absolute Gasteiger partial charge is 0.271 e. The Morgan fingerprint density at radius 2 is 2.12 bits per heavy atom. The topological polar surface area (TPSA) is 38.0 Å². The van der Waals surface area contributed by atoms with Crippen molar-refractivity contribution < 1.29 is 0 Å². The molecule has 17 heavy (non-hydrogen) atoms. The molecule has 1 aromatic carbocycles. The Hall–Kier alpha value is 0.0500. The van der Waals surface area contributed by atoms with Crippen molar-refractivity contribution in [2.45, 2.75) is 13.0 Å². The van der Waals surface area contributed by atoms with Gasteiger partial charge in [0.2, 0.25) is 0 Å². The van der Waals surface area contributed by atoms with E-state index in [1.165, 1.54) is 18.9 Å². The van der Waals surface area contributed by atoms with Gasteiger partial charge >= 0.3 is 0 Å². The van der Waals surface area contributed by atoms with Crippen molar-refractivity contribution in [3.63, 3.8) is 0 Å².